The van der Waals surface area contributed by atoms with Crippen molar-refractivity contribution in [1.82, 2.24) is 19.8 Å². The molecule has 0 bridgehead atoms. The van der Waals surface area contributed by atoms with Crippen LogP contribution >= 0.6 is 0 Å². The first-order valence-corrected chi connectivity index (χ1v) is 11.0. The maximum Gasteiger partial charge on any atom is 0.238 e. The van der Waals surface area contributed by atoms with Gasteiger partial charge >= 0.3 is 0 Å². The summed E-state index contributed by atoms with van der Waals surface area (Å²) in [6, 6.07) is 12.4. The van der Waals surface area contributed by atoms with Gasteiger partial charge in [0.25, 0.3) is 0 Å². The molecule has 0 radical (unpaired) electrons. The molecule has 1 aliphatic rings. The zero-order chi connectivity index (χ0) is 20.4. The number of anilines is 2. The number of aromatic nitrogens is 2. The second-order valence-corrected chi connectivity index (χ2v) is 8.92. The third kappa shape index (κ3) is 4.88. The molecule has 29 heavy (non-hydrogen) atoms. The molecular weight excluding hydrogens is 388 g/mol. The molecule has 2 heterocycles. The zero-order valence-corrected chi connectivity index (χ0v) is 17.1. The predicted octanol–water partition coefficient (Wildman–Crippen LogP) is 1.77. The number of primary sulfonamides is 1. The first-order chi connectivity index (χ1) is 13.9. The maximum atomic E-state index is 11.3. The van der Waals surface area contributed by atoms with Gasteiger partial charge in [-0.3, -0.25) is 4.90 Å². The molecule has 3 N–H and O–H groups in total. The van der Waals surface area contributed by atoms with Gasteiger partial charge in [0.15, 0.2) is 0 Å². The largest absolute Gasteiger partial charge is 0.324 e. The van der Waals surface area contributed by atoms with Crippen LogP contribution in [0.15, 0.2) is 53.6 Å². The molecular formula is C20H24N6O2S. The van der Waals surface area contributed by atoms with Crippen molar-refractivity contribution in [1.29, 1.82) is 0 Å². The van der Waals surface area contributed by atoms with E-state index in [1.807, 2.05) is 6.07 Å². The van der Waals surface area contributed by atoms with E-state index in [2.05, 4.69) is 44.3 Å². The van der Waals surface area contributed by atoms with Crippen LogP contribution in [0.3, 0.4) is 0 Å². The molecule has 1 saturated heterocycles. The number of hydrogen-bond donors (Lipinski definition) is 2. The SMILES string of the molecule is CN1CCN(Cc2ccc3nc(Nc4ccc(S(N)(=O)=O)cc4)ncc3c2)CC1. The standard InChI is InChI=1S/C20H24N6O2S/c1-25-8-10-26(11-9-25)14-15-2-7-19-16(12-15)13-22-20(24-19)23-17-3-5-18(6-4-17)29(21,27)28/h2-7,12-13H,8-11,14H2,1H3,(H2,21,27,28)(H,22,23,24). The van der Waals surface area contributed by atoms with Gasteiger partial charge in [-0.15, -0.1) is 0 Å². The van der Waals surface area contributed by atoms with Crippen molar-refractivity contribution in [2.24, 2.45) is 5.14 Å². The van der Waals surface area contributed by atoms with E-state index < -0.39 is 10.0 Å². The molecule has 3 aromatic rings. The lowest BCUT2D eigenvalue weighted by atomic mass is 10.1. The van der Waals surface area contributed by atoms with Crippen molar-refractivity contribution >= 4 is 32.6 Å². The van der Waals surface area contributed by atoms with Crippen molar-refractivity contribution in [3.63, 3.8) is 0 Å². The summed E-state index contributed by atoms with van der Waals surface area (Å²) >= 11 is 0. The summed E-state index contributed by atoms with van der Waals surface area (Å²) in [7, 11) is -1.55. The summed E-state index contributed by atoms with van der Waals surface area (Å²) < 4.78 is 22.7. The number of hydrogen-bond acceptors (Lipinski definition) is 7. The van der Waals surface area contributed by atoms with E-state index in [0.29, 0.717) is 11.6 Å². The van der Waals surface area contributed by atoms with E-state index in [4.69, 9.17) is 5.14 Å². The number of nitrogens with two attached hydrogens (primary N) is 1. The normalized spacial score (nSPS) is 16.2. The van der Waals surface area contributed by atoms with Gasteiger partial charge in [-0.2, -0.15) is 0 Å². The second-order valence-electron chi connectivity index (χ2n) is 7.36. The summed E-state index contributed by atoms with van der Waals surface area (Å²) in [6.45, 7) is 5.30. The molecule has 0 aliphatic carbocycles. The average Bonchev–Trinajstić information content (AvgIpc) is 2.69. The molecule has 152 valence electrons. The Hall–Kier alpha value is -2.59. The summed E-state index contributed by atoms with van der Waals surface area (Å²) in [6.07, 6.45) is 1.80. The van der Waals surface area contributed by atoms with Crippen LogP contribution in [0.25, 0.3) is 10.9 Å². The lowest BCUT2D eigenvalue weighted by molar-refractivity contribution is 0.148. The van der Waals surface area contributed by atoms with E-state index in [0.717, 1.165) is 43.6 Å². The van der Waals surface area contributed by atoms with Crippen molar-refractivity contribution < 1.29 is 8.42 Å². The number of fused-ring (bicyclic) bond motifs is 1. The summed E-state index contributed by atoms with van der Waals surface area (Å²) in [5.41, 5.74) is 2.79. The minimum atomic E-state index is -3.70. The fourth-order valence-corrected chi connectivity index (χ4v) is 3.88. The number of benzene rings is 2. The lowest BCUT2D eigenvalue weighted by Crippen LogP contribution is -2.43. The van der Waals surface area contributed by atoms with Crippen molar-refractivity contribution in [2.45, 2.75) is 11.4 Å². The first kappa shape index (κ1) is 19.7. The Morgan fingerprint density at radius 1 is 1.07 bits per heavy atom. The maximum absolute atomic E-state index is 11.3. The number of sulfonamides is 1. The van der Waals surface area contributed by atoms with Gasteiger partial charge in [0.05, 0.1) is 10.4 Å². The van der Waals surface area contributed by atoms with E-state index in [9.17, 15) is 8.42 Å². The molecule has 1 aromatic heterocycles. The molecule has 0 unspecified atom stereocenters. The minimum Gasteiger partial charge on any atom is -0.324 e. The van der Waals surface area contributed by atoms with Gasteiger partial charge in [0.2, 0.25) is 16.0 Å². The summed E-state index contributed by atoms with van der Waals surface area (Å²) in [4.78, 5) is 13.8. The lowest BCUT2D eigenvalue weighted by Gasteiger charge is -2.32. The van der Waals surface area contributed by atoms with Crippen molar-refractivity contribution in [3.8, 4) is 0 Å². The van der Waals surface area contributed by atoms with E-state index in [-0.39, 0.29) is 4.90 Å². The Balaban J connectivity index is 1.47. The van der Waals surface area contributed by atoms with Crippen LogP contribution in [0.4, 0.5) is 11.6 Å². The summed E-state index contributed by atoms with van der Waals surface area (Å²) in [5.74, 6) is 0.452. The minimum absolute atomic E-state index is 0.0651. The topological polar surface area (TPSA) is 104 Å². The average molecular weight is 413 g/mol. The van der Waals surface area contributed by atoms with Crippen LogP contribution in [0.1, 0.15) is 5.56 Å². The Bertz CT molecular complexity index is 1110. The molecule has 9 heteroatoms. The third-order valence-electron chi connectivity index (χ3n) is 5.09. The number of piperazine rings is 1. The number of nitrogens with one attached hydrogen (secondary N) is 1. The Kier molecular flexibility index (Phi) is 5.46. The highest BCUT2D eigenvalue weighted by molar-refractivity contribution is 7.89. The zero-order valence-electron chi connectivity index (χ0n) is 16.2. The van der Waals surface area contributed by atoms with Gasteiger partial charge in [-0.05, 0) is 49.0 Å². The van der Waals surface area contributed by atoms with Crippen LogP contribution in [0.2, 0.25) is 0 Å². The van der Waals surface area contributed by atoms with Crippen LogP contribution in [0.5, 0.6) is 0 Å². The van der Waals surface area contributed by atoms with E-state index in [1.165, 1.54) is 17.7 Å². The van der Waals surface area contributed by atoms with Gasteiger partial charge in [0, 0.05) is 50.0 Å². The smallest absolute Gasteiger partial charge is 0.238 e. The second kappa shape index (κ2) is 8.03. The molecule has 0 amide bonds. The first-order valence-electron chi connectivity index (χ1n) is 9.43. The molecule has 1 fully saturated rings. The van der Waals surface area contributed by atoms with Crippen molar-refractivity contribution in [3.05, 3.63) is 54.2 Å². The van der Waals surface area contributed by atoms with Crippen LogP contribution in [0, 0.1) is 0 Å². The molecule has 2 aromatic carbocycles. The Labute approximate surface area is 170 Å². The Morgan fingerprint density at radius 3 is 2.48 bits per heavy atom. The molecule has 0 saturated carbocycles. The fourth-order valence-electron chi connectivity index (χ4n) is 3.36. The van der Waals surface area contributed by atoms with Gasteiger partial charge < -0.3 is 10.2 Å². The molecule has 0 atom stereocenters. The number of rotatable bonds is 5. The van der Waals surface area contributed by atoms with Crippen LogP contribution < -0.4 is 10.5 Å². The van der Waals surface area contributed by atoms with Crippen LogP contribution in [-0.2, 0) is 16.6 Å². The number of nitrogens with zero attached hydrogens (tertiary/aromatic N) is 4. The molecule has 1 aliphatic heterocycles. The highest BCUT2D eigenvalue weighted by atomic mass is 32.2. The highest BCUT2D eigenvalue weighted by Crippen LogP contribution is 2.20. The van der Waals surface area contributed by atoms with Gasteiger partial charge in [0.1, 0.15) is 0 Å². The van der Waals surface area contributed by atoms with Crippen molar-refractivity contribution in [2.75, 3.05) is 38.5 Å². The number of likely N-dealkylation sites (N-methyl/N-ethyl adjacent to an activating group) is 1. The monoisotopic (exact) mass is 412 g/mol. The molecule has 4 rings (SSSR count). The molecule has 0 spiro atoms. The van der Waals surface area contributed by atoms with Gasteiger partial charge in [-0.25, -0.2) is 23.5 Å². The third-order valence-corrected chi connectivity index (χ3v) is 6.01. The fraction of sp³-hybridized carbons (Fsp3) is 0.300. The van der Waals surface area contributed by atoms with E-state index >= 15 is 0 Å². The molecule has 8 nitrogen and oxygen atoms in total. The van der Waals surface area contributed by atoms with Crippen LogP contribution in [-0.4, -0.2) is 61.4 Å². The predicted molar refractivity (Wildman–Crippen MR) is 113 cm³/mol. The van der Waals surface area contributed by atoms with Gasteiger partial charge in [-0.1, -0.05) is 6.07 Å². The summed E-state index contributed by atoms with van der Waals surface area (Å²) in [5, 5.41) is 9.20. The quantitative estimate of drug-likeness (QED) is 0.658. The Morgan fingerprint density at radius 2 is 1.79 bits per heavy atom. The highest BCUT2D eigenvalue weighted by Gasteiger charge is 2.14. The van der Waals surface area contributed by atoms with E-state index in [1.54, 1.807) is 18.3 Å².